The molecule has 0 atom stereocenters. The zero-order chi connectivity index (χ0) is 9.84. The highest BCUT2D eigenvalue weighted by molar-refractivity contribution is 9.10. The molecule has 13 heavy (non-hydrogen) atoms. The number of alkyl halides is 1. The average molecular weight is 308 g/mol. The number of rotatable bonds is 3. The maximum absolute atomic E-state index is 5.58. The summed E-state index contributed by atoms with van der Waals surface area (Å²) in [6.45, 7) is 4.04. The van der Waals surface area contributed by atoms with Crippen LogP contribution in [-0.4, -0.2) is 6.10 Å². The first-order chi connectivity index (χ1) is 6.13. The fraction of sp³-hybridized carbons (Fsp3) is 0.400. The van der Waals surface area contributed by atoms with Gasteiger partial charge in [-0.05, 0) is 47.5 Å². The van der Waals surface area contributed by atoms with Gasteiger partial charge in [-0.2, -0.15) is 0 Å². The van der Waals surface area contributed by atoms with Gasteiger partial charge >= 0.3 is 0 Å². The predicted molar refractivity (Wildman–Crippen MR) is 62.5 cm³/mol. The van der Waals surface area contributed by atoms with Crippen LogP contribution in [0.5, 0.6) is 5.75 Å². The monoisotopic (exact) mass is 306 g/mol. The van der Waals surface area contributed by atoms with Crippen LogP contribution in [0.1, 0.15) is 19.4 Å². The van der Waals surface area contributed by atoms with E-state index in [0.29, 0.717) is 0 Å². The molecular formula is C10H12Br2O. The summed E-state index contributed by atoms with van der Waals surface area (Å²) in [6, 6.07) is 6.10. The number of ether oxygens (including phenoxy) is 1. The Morgan fingerprint density at radius 1 is 1.38 bits per heavy atom. The standard InChI is InChI=1S/C10H12Br2O/c1-7(2)13-10-4-3-8(6-11)5-9(10)12/h3-5,7H,6H2,1-2H3. The first-order valence-corrected chi connectivity index (χ1v) is 6.06. The van der Waals surface area contributed by atoms with Crippen LogP contribution in [0.4, 0.5) is 0 Å². The van der Waals surface area contributed by atoms with Crippen LogP contribution in [0.3, 0.4) is 0 Å². The van der Waals surface area contributed by atoms with Gasteiger partial charge in [-0.1, -0.05) is 22.0 Å². The van der Waals surface area contributed by atoms with Gasteiger partial charge in [-0.3, -0.25) is 0 Å². The second-order valence-corrected chi connectivity index (χ2v) is 4.48. The third kappa shape index (κ3) is 3.31. The van der Waals surface area contributed by atoms with E-state index in [1.54, 1.807) is 0 Å². The summed E-state index contributed by atoms with van der Waals surface area (Å²) in [6.07, 6.45) is 0.214. The molecule has 3 heteroatoms. The molecule has 1 nitrogen and oxygen atoms in total. The van der Waals surface area contributed by atoms with Crippen LogP contribution in [-0.2, 0) is 5.33 Å². The van der Waals surface area contributed by atoms with E-state index in [1.807, 2.05) is 19.9 Å². The van der Waals surface area contributed by atoms with Crippen molar-refractivity contribution in [2.75, 3.05) is 0 Å². The highest BCUT2D eigenvalue weighted by Crippen LogP contribution is 2.27. The van der Waals surface area contributed by atoms with Crippen molar-refractivity contribution in [3.8, 4) is 5.75 Å². The maximum Gasteiger partial charge on any atom is 0.133 e. The molecule has 0 heterocycles. The van der Waals surface area contributed by atoms with Crippen molar-refractivity contribution in [3.63, 3.8) is 0 Å². The summed E-state index contributed by atoms with van der Waals surface area (Å²) in [7, 11) is 0. The third-order valence-corrected chi connectivity index (χ3v) is 2.78. The molecule has 0 N–H and O–H groups in total. The maximum atomic E-state index is 5.58. The van der Waals surface area contributed by atoms with Gasteiger partial charge in [0.1, 0.15) is 5.75 Å². The molecule has 0 amide bonds. The molecule has 0 fully saturated rings. The van der Waals surface area contributed by atoms with E-state index >= 15 is 0 Å². The highest BCUT2D eigenvalue weighted by Gasteiger charge is 2.03. The molecule has 0 saturated carbocycles. The molecule has 1 aromatic rings. The van der Waals surface area contributed by atoms with E-state index in [4.69, 9.17) is 4.74 Å². The van der Waals surface area contributed by atoms with Crippen LogP contribution in [0.15, 0.2) is 22.7 Å². The molecule has 0 aromatic heterocycles. The number of hydrogen-bond acceptors (Lipinski definition) is 1. The lowest BCUT2D eigenvalue weighted by Gasteiger charge is -2.11. The van der Waals surface area contributed by atoms with E-state index < -0.39 is 0 Å². The quantitative estimate of drug-likeness (QED) is 0.763. The van der Waals surface area contributed by atoms with Gasteiger partial charge in [0, 0.05) is 5.33 Å². The SMILES string of the molecule is CC(C)Oc1ccc(CBr)cc1Br. The zero-order valence-electron chi connectivity index (χ0n) is 7.68. The second kappa shape index (κ2) is 5.01. The molecule has 0 saturated heterocycles. The van der Waals surface area contributed by atoms with Crippen molar-refractivity contribution in [1.29, 1.82) is 0 Å². The molecule has 0 unspecified atom stereocenters. The minimum Gasteiger partial charge on any atom is -0.490 e. The van der Waals surface area contributed by atoms with Crippen LogP contribution in [0.25, 0.3) is 0 Å². The minimum absolute atomic E-state index is 0.214. The molecular weight excluding hydrogens is 296 g/mol. The molecule has 0 radical (unpaired) electrons. The van der Waals surface area contributed by atoms with Crippen LogP contribution >= 0.6 is 31.9 Å². The van der Waals surface area contributed by atoms with Gasteiger partial charge in [-0.15, -0.1) is 0 Å². The average Bonchev–Trinajstić information content (AvgIpc) is 2.08. The zero-order valence-corrected chi connectivity index (χ0v) is 10.9. The first-order valence-electron chi connectivity index (χ1n) is 4.14. The van der Waals surface area contributed by atoms with Crippen LogP contribution in [0, 0.1) is 0 Å². The van der Waals surface area contributed by atoms with Gasteiger partial charge < -0.3 is 4.74 Å². The van der Waals surface area contributed by atoms with E-state index in [-0.39, 0.29) is 6.10 Å². The Morgan fingerprint density at radius 2 is 2.08 bits per heavy atom. The van der Waals surface area contributed by atoms with Crippen molar-refractivity contribution >= 4 is 31.9 Å². The number of benzene rings is 1. The van der Waals surface area contributed by atoms with Gasteiger partial charge in [0.05, 0.1) is 10.6 Å². The Kier molecular flexibility index (Phi) is 4.26. The fourth-order valence-electron chi connectivity index (χ4n) is 0.977. The van der Waals surface area contributed by atoms with Crippen LogP contribution in [0.2, 0.25) is 0 Å². The molecule has 72 valence electrons. The minimum atomic E-state index is 0.214. The van der Waals surface area contributed by atoms with Gasteiger partial charge in [-0.25, -0.2) is 0 Å². The highest BCUT2D eigenvalue weighted by atomic mass is 79.9. The molecule has 0 spiro atoms. The van der Waals surface area contributed by atoms with Crippen molar-refractivity contribution in [2.24, 2.45) is 0 Å². The Balaban J connectivity index is 2.85. The Morgan fingerprint density at radius 3 is 2.54 bits per heavy atom. The van der Waals surface area contributed by atoms with Crippen molar-refractivity contribution in [2.45, 2.75) is 25.3 Å². The van der Waals surface area contributed by atoms with Crippen LogP contribution < -0.4 is 4.74 Å². The Bertz CT molecular complexity index is 284. The van der Waals surface area contributed by atoms with Crippen molar-refractivity contribution in [1.82, 2.24) is 0 Å². The molecule has 0 aliphatic carbocycles. The van der Waals surface area contributed by atoms with Gasteiger partial charge in [0.2, 0.25) is 0 Å². The summed E-state index contributed by atoms with van der Waals surface area (Å²) in [5.74, 6) is 0.903. The normalized spacial score (nSPS) is 10.5. The Labute approximate surface area is 95.7 Å². The largest absolute Gasteiger partial charge is 0.490 e. The smallest absolute Gasteiger partial charge is 0.133 e. The first kappa shape index (κ1) is 11.1. The lowest BCUT2D eigenvalue weighted by atomic mass is 10.2. The van der Waals surface area contributed by atoms with Gasteiger partial charge in [0.15, 0.2) is 0 Å². The second-order valence-electron chi connectivity index (χ2n) is 3.07. The lowest BCUT2D eigenvalue weighted by Crippen LogP contribution is -2.05. The summed E-state index contributed by atoms with van der Waals surface area (Å²) >= 11 is 6.88. The molecule has 0 aliphatic heterocycles. The summed E-state index contributed by atoms with van der Waals surface area (Å²) < 4.78 is 6.59. The van der Waals surface area contributed by atoms with E-state index in [9.17, 15) is 0 Å². The topological polar surface area (TPSA) is 9.23 Å². The number of halogens is 2. The van der Waals surface area contributed by atoms with Gasteiger partial charge in [0.25, 0.3) is 0 Å². The molecule has 0 bridgehead atoms. The Hall–Kier alpha value is -0.0200. The molecule has 1 rings (SSSR count). The molecule has 0 aliphatic rings. The molecule has 1 aromatic carbocycles. The number of hydrogen-bond donors (Lipinski definition) is 0. The van der Waals surface area contributed by atoms with Crippen molar-refractivity contribution < 1.29 is 4.74 Å². The summed E-state index contributed by atoms with van der Waals surface area (Å²) in [5, 5.41) is 0.869. The van der Waals surface area contributed by atoms with Crippen molar-refractivity contribution in [3.05, 3.63) is 28.2 Å². The lowest BCUT2D eigenvalue weighted by molar-refractivity contribution is 0.241. The van der Waals surface area contributed by atoms with E-state index in [0.717, 1.165) is 15.6 Å². The fourth-order valence-corrected chi connectivity index (χ4v) is 1.85. The van der Waals surface area contributed by atoms with E-state index in [2.05, 4.69) is 44.0 Å². The third-order valence-electron chi connectivity index (χ3n) is 1.51. The predicted octanol–water partition coefficient (Wildman–Crippen LogP) is 4.13. The summed E-state index contributed by atoms with van der Waals surface area (Å²) in [4.78, 5) is 0. The van der Waals surface area contributed by atoms with E-state index in [1.165, 1.54) is 5.56 Å². The summed E-state index contributed by atoms with van der Waals surface area (Å²) in [5.41, 5.74) is 1.24.